The fraction of sp³-hybridized carbons (Fsp3) is 1.00. The zero-order valence-corrected chi connectivity index (χ0v) is 18.9. The third-order valence-corrected chi connectivity index (χ3v) is 7.53. The van der Waals surface area contributed by atoms with Crippen LogP contribution >= 0.6 is 0 Å². The Labute approximate surface area is 161 Å². The number of hydrogen-bond donors (Lipinski definition) is 2. The lowest BCUT2D eigenvalue weighted by atomic mass is 9.92. The van der Waals surface area contributed by atoms with E-state index in [9.17, 15) is 16.8 Å². The molecule has 0 heterocycles. The normalized spacial score (nSPS) is 23.2. The van der Waals surface area contributed by atoms with Crippen LogP contribution in [-0.4, -0.2) is 40.4 Å². The highest BCUT2D eigenvalue weighted by molar-refractivity contribution is 7.89. The minimum atomic E-state index is -3.28. The van der Waals surface area contributed by atoms with Crippen molar-refractivity contribution in [2.75, 3.05) is 11.5 Å². The molecule has 0 bridgehead atoms. The second kappa shape index (κ2) is 8.88. The van der Waals surface area contributed by atoms with Gasteiger partial charge in [-0.25, -0.2) is 26.3 Å². The lowest BCUT2D eigenvalue weighted by molar-refractivity contribution is 0.351. The number of sulfonamides is 2. The van der Waals surface area contributed by atoms with Crippen LogP contribution in [0.5, 0.6) is 0 Å². The second-order valence-electron chi connectivity index (χ2n) is 10.0. The molecule has 6 nitrogen and oxygen atoms in total. The Morgan fingerprint density at radius 1 is 0.654 bits per heavy atom. The first kappa shape index (κ1) is 23.9. The molecule has 0 radical (unpaired) electrons. The van der Waals surface area contributed by atoms with Crippen molar-refractivity contribution in [3.63, 3.8) is 0 Å². The van der Waals surface area contributed by atoms with Crippen molar-refractivity contribution in [1.82, 2.24) is 9.44 Å². The average molecular weight is 411 g/mol. The first-order valence-electron chi connectivity index (χ1n) is 9.57. The molecule has 0 atom stereocenters. The van der Waals surface area contributed by atoms with Crippen LogP contribution in [0.3, 0.4) is 0 Å². The predicted octanol–water partition coefficient (Wildman–Crippen LogP) is 3.01. The van der Waals surface area contributed by atoms with E-state index >= 15 is 0 Å². The van der Waals surface area contributed by atoms with E-state index in [4.69, 9.17) is 0 Å². The summed E-state index contributed by atoms with van der Waals surface area (Å²) in [6, 6.07) is -0.175. The standard InChI is InChI=1S/C18H38N2O4S2/c1-17(2,3)11-13-25(21,22)19-15-7-9-16(10-8-15)20-26(23,24)14-12-18(4,5)6/h15-16,19-20H,7-14H2,1-6H3. The van der Waals surface area contributed by atoms with Crippen molar-refractivity contribution < 1.29 is 16.8 Å². The van der Waals surface area contributed by atoms with Crippen molar-refractivity contribution in [2.24, 2.45) is 10.8 Å². The summed E-state index contributed by atoms with van der Waals surface area (Å²) in [7, 11) is -6.56. The molecule has 0 aromatic carbocycles. The molecule has 0 amide bonds. The van der Waals surface area contributed by atoms with Crippen LogP contribution < -0.4 is 9.44 Å². The molecule has 0 saturated heterocycles. The topological polar surface area (TPSA) is 92.3 Å². The van der Waals surface area contributed by atoms with Crippen LogP contribution in [0, 0.1) is 10.8 Å². The van der Waals surface area contributed by atoms with Crippen LogP contribution in [0.1, 0.15) is 80.1 Å². The predicted molar refractivity (Wildman–Crippen MR) is 108 cm³/mol. The maximum atomic E-state index is 12.2. The Bertz CT molecular complexity index is 578. The Morgan fingerprint density at radius 3 is 1.15 bits per heavy atom. The maximum Gasteiger partial charge on any atom is 0.211 e. The number of rotatable bonds is 8. The molecule has 1 saturated carbocycles. The van der Waals surface area contributed by atoms with Crippen LogP contribution in [0.25, 0.3) is 0 Å². The third-order valence-electron chi connectivity index (χ3n) is 4.66. The Morgan fingerprint density at radius 2 is 0.923 bits per heavy atom. The van der Waals surface area contributed by atoms with Gasteiger partial charge in [-0.05, 0) is 49.4 Å². The molecule has 156 valence electrons. The van der Waals surface area contributed by atoms with Crippen LogP contribution in [-0.2, 0) is 20.0 Å². The summed E-state index contributed by atoms with van der Waals surface area (Å²) in [6.45, 7) is 12.2. The molecule has 2 N–H and O–H groups in total. The number of nitrogens with one attached hydrogen (secondary N) is 2. The minimum Gasteiger partial charge on any atom is -0.212 e. The first-order chi connectivity index (χ1) is 11.6. The zero-order chi connectivity index (χ0) is 20.2. The van der Waals surface area contributed by atoms with E-state index in [1.54, 1.807) is 0 Å². The van der Waals surface area contributed by atoms with Crippen molar-refractivity contribution in [3.05, 3.63) is 0 Å². The van der Waals surface area contributed by atoms with E-state index in [1.165, 1.54) is 0 Å². The molecule has 1 aliphatic rings. The molecule has 26 heavy (non-hydrogen) atoms. The lowest BCUT2D eigenvalue weighted by Crippen LogP contribution is -2.45. The van der Waals surface area contributed by atoms with Crippen LogP contribution in [0.4, 0.5) is 0 Å². The average Bonchev–Trinajstić information content (AvgIpc) is 2.44. The van der Waals surface area contributed by atoms with Crippen molar-refractivity contribution in [3.8, 4) is 0 Å². The SMILES string of the molecule is CC(C)(C)CCS(=O)(=O)NC1CCC(NS(=O)(=O)CCC(C)(C)C)CC1. The smallest absolute Gasteiger partial charge is 0.211 e. The van der Waals surface area contributed by atoms with E-state index in [0.29, 0.717) is 38.5 Å². The van der Waals surface area contributed by atoms with Crippen molar-refractivity contribution >= 4 is 20.0 Å². The van der Waals surface area contributed by atoms with E-state index < -0.39 is 20.0 Å². The highest BCUT2D eigenvalue weighted by Gasteiger charge is 2.28. The van der Waals surface area contributed by atoms with Gasteiger partial charge >= 0.3 is 0 Å². The molecular weight excluding hydrogens is 372 g/mol. The summed E-state index contributed by atoms with van der Waals surface area (Å²) in [5.74, 6) is 0.270. The van der Waals surface area contributed by atoms with E-state index in [0.717, 1.165) is 0 Å². The molecular formula is C18H38N2O4S2. The van der Waals surface area contributed by atoms with Gasteiger partial charge in [-0.3, -0.25) is 0 Å². The Balaban J connectivity index is 2.42. The minimum absolute atomic E-state index is 0.0161. The molecule has 1 aliphatic carbocycles. The fourth-order valence-corrected chi connectivity index (χ4v) is 6.32. The Kier molecular flexibility index (Phi) is 8.15. The Hall–Kier alpha value is -0.180. The zero-order valence-electron chi connectivity index (χ0n) is 17.3. The molecule has 8 heteroatoms. The van der Waals surface area contributed by atoms with Crippen LogP contribution in [0.2, 0.25) is 0 Å². The number of hydrogen-bond acceptors (Lipinski definition) is 4. The summed E-state index contributed by atoms with van der Waals surface area (Å²) in [4.78, 5) is 0. The highest BCUT2D eigenvalue weighted by Crippen LogP contribution is 2.23. The quantitative estimate of drug-likeness (QED) is 0.643. The largest absolute Gasteiger partial charge is 0.212 e. The van der Waals surface area contributed by atoms with Gasteiger partial charge in [0.15, 0.2) is 0 Å². The van der Waals surface area contributed by atoms with E-state index in [-0.39, 0.29) is 34.4 Å². The van der Waals surface area contributed by atoms with Crippen LogP contribution in [0.15, 0.2) is 0 Å². The molecule has 0 aromatic rings. The first-order valence-corrected chi connectivity index (χ1v) is 12.9. The van der Waals surface area contributed by atoms with Gasteiger partial charge in [0.05, 0.1) is 11.5 Å². The van der Waals surface area contributed by atoms with Gasteiger partial charge in [-0.2, -0.15) is 0 Å². The van der Waals surface area contributed by atoms with Crippen molar-refractivity contribution in [2.45, 2.75) is 92.2 Å². The highest BCUT2D eigenvalue weighted by atomic mass is 32.2. The molecule has 0 unspecified atom stereocenters. The van der Waals surface area contributed by atoms with E-state index in [1.807, 2.05) is 41.5 Å². The molecule has 0 spiro atoms. The maximum absolute atomic E-state index is 12.2. The van der Waals surface area contributed by atoms with Gasteiger partial charge in [0.25, 0.3) is 0 Å². The van der Waals surface area contributed by atoms with Gasteiger partial charge < -0.3 is 0 Å². The molecule has 1 rings (SSSR count). The lowest BCUT2D eigenvalue weighted by Gasteiger charge is -2.30. The van der Waals surface area contributed by atoms with Gasteiger partial charge in [0.2, 0.25) is 20.0 Å². The summed E-state index contributed by atoms with van der Waals surface area (Å²) < 4.78 is 54.4. The summed E-state index contributed by atoms with van der Waals surface area (Å²) in [5, 5.41) is 0. The molecule has 0 aromatic heterocycles. The van der Waals surface area contributed by atoms with E-state index in [2.05, 4.69) is 9.44 Å². The van der Waals surface area contributed by atoms with Gasteiger partial charge in [-0.1, -0.05) is 41.5 Å². The monoisotopic (exact) mass is 410 g/mol. The molecule has 1 fully saturated rings. The summed E-state index contributed by atoms with van der Waals surface area (Å²) in [5.41, 5.74) is -0.0323. The van der Waals surface area contributed by atoms with Crippen molar-refractivity contribution in [1.29, 1.82) is 0 Å². The molecule has 0 aliphatic heterocycles. The van der Waals surface area contributed by atoms with Gasteiger partial charge in [-0.15, -0.1) is 0 Å². The van der Waals surface area contributed by atoms with Gasteiger partial charge in [0.1, 0.15) is 0 Å². The fourth-order valence-electron chi connectivity index (χ4n) is 2.84. The summed E-state index contributed by atoms with van der Waals surface area (Å²) in [6.07, 6.45) is 3.90. The second-order valence-corrected chi connectivity index (χ2v) is 13.8. The van der Waals surface area contributed by atoms with Gasteiger partial charge in [0, 0.05) is 12.1 Å². The third kappa shape index (κ3) is 10.8. The summed E-state index contributed by atoms with van der Waals surface area (Å²) >= 11 is 0.